The number of carbonyl (C=O) groups excluding carboxylic acids is 1. The van der Waals surface area contributed by atoms with Crippen molar-refractivity contribution in [2.75, 3.05) is 5.32 Å². The highest BCUT2D eigenvalue weighted by atomic mass is 35.5. The van der Waals surface area contributed by atoms with Crippen LogP contribution in [0.5, 0.6) is 0 Å². The van der Waals surface area contributed by atoms with Crippen molar-refractivity contribution in [2.24, 2.45) is 0 Å². The lowest BCUT2D eigenvalue weighted by Gasteiger charge is -2.05. The van der Waals surface area contributed by atoms with Crippen molar-refractivity contribution in [3.8, 4) is 0 Å². The molecule has 0 bridgehead atoms. The van der Waals surface area contributed by atoms with Gasteiger partial charge in [0.15, 0.2) is 0 Å². The van der Waals surface area contributed by atoms with Gasteiger partial charge in [0.25, 0.3) is 5.91 Å². The summed E-state index contributed by atoms with van der Waals surface area (Å²) in [5, 5.41) is 4.94. The fourth-order valence-electron chi connectivity index (χ4n) is 1.92. The van der Waals surface area contributed by atoms with Gasteiger partial charge in [-0.3, -0.25) is 4.79 Å². The molecule has 1 amide bonds. The molecule has 0 unspecified atom stereocenters. The summed E-state index contributed by atoms with van der Waals surface area (Å²) in [5.41, 5.74) is 0.572. The first-order valence-electron chi connectivity index (χ1n) is 5.99. The second-order valence-electron chi connectivity index (χ2n) is 4.32. The van der Waals surface area contributed by atoms with Crippen molar-refractivity contribution >= 4 is 67.8 Å². The standard InChI is InChI=1S/C15H8Cl3NOS/c16-10-6-5-8(7-11(10)17)19-15(20)14-13(18)9-3-1-2-4-12(9)21-14/h1-7H,(H,19,20). The molecule has 0 atom stereocenters. The van der Waals surface area contributed by atoms with Crippen LogP contribution in [-0.2, 0) is 0 Å². The minimum atomic E-state index is -0.264. The van der Waals surface area contributed by atoms with Crippen LogP contribution in [0.2, 0.25) is 15.1 Å². The van der Waals surface area contributed by atoms with Crippen LogP contribution in [0.1, 0.15) is 9.67 Å². The fraction of sp³-hybridized carbons (Fsp3) is 0. The number of fused-ring (bicyclic) bond motifs is 1. The first-order chi connectivity index (χ1) is 10.1. The zero-order valence-electron chi connectivity index (χ0n) is 10.5. The molecule has 0 aliphatic heterocycles. The highest BCUT2D eigenvalue weighted by Gasteiger charge is 2.17. The predicted molar refractivity (Wildman–Crippen MR) is 91.3 cm³/mol. The molecule has 0 aliphatic carbocycles. The number of hydrogen-bond donors (Lipinski definition) is 1. The van der Waals surface area contributed by atoms with Crippen molar-refractivity contribution in [3.05, 3.63) is 62.4 Å². The highest BCUT2D eigenvalue weighted by molar-refractivity contribution is 7.21. The molecule has 6 heteroatoms. The van der Waals surface area contributed by atoms with E-state index in [9.17, 15) is 4.79 Å². The molecule has 106 valence electrons. The number of carbonyl (C=O) groups is 1. The van der Waals surface area contributed by atoms with Crippen LogP contribution in [0.15, 0.2) is 42.5 Å². The van der Waals surface area contributed by atoms with Crippen LogP contribution >= 0.6 is 46.1 Å². The first-order valence-corrected chi connectivity index (χ1v) is 7.95. The van der Waals surface area contributed by atoms with E-state index in [0.29, 0.717) is 25.6 Å². The van der Waals surface area contributed by atoms with Crippen molar-refractivity contribution in [3.63, 3.8) is 0 Å². The Morgan fingerprint density at radius 2 is 1.76 bits per heavy atom. The summed E-state index contributed by atoms with van der Waals surface area (Å²) in [7, 11) is 0. The Kier molecular flexibility index (Phi) is 4.09. The van der Waals surface area contributed by atoms with Gasteiger partial charge in [0, 0.05) is 15.8 Å². The summed E-state index contributed by atoms with van der Waals surface area (Å²) >= 11 is 19.4. The molecule has 0 aliphatic rings. The number of nitrogens with one attached hydrogen (secondary N) is 1. The van der Waals surface area contributed by atoms with E-state index in [1.54, 1.807) is 18.2 Å². The summed E-state index contributed by atoms with van der Waals surface area (Å²) in [4.78, 5) is 12.8. The van der Waals surface area contributed by atoms with Crippen LogP contribution in [0.25, 0.3) is 10.1 Å². The van der Waals surface area contributed by atoms with E-state index in [0.717, 1.165) is 10.1 Å². The molecule has 1 N–H and O–H groups in total. The van der Waals surface area contributed by atoms with Gasteiger partial charge in [-0.2, -0.15) is 0 Å². The lowest BCUT2D eigenvalue weighted by atomic mass is 10.2. The van der Waals surface area contributed by atoms with Crippen molar-refractivity contribution in [2.45, 2.75) is 0 Å². The summed E-state index contributed by atoms with van der Waals surface area (Å²) in [6.45, 7) is 0. The maximum Gasteiger partial charge on any atom is 0.267 e. The van der Waals surface area contributed by atoms with E-state index < -0.39 is 0 Å². The van der Waals surface area contributed by atoms with Gasteiger partial charge in [-0.05, 0) is 24.3 Å². The van der Waals surface area contributed by atoms with Crippen LogP contribution in [0.4, 0.5) is 5.69 Å². The largest absolute Gasteiger partial charge is 0.321 e. The molecule has 21 heavy (non-hydrogen) atoms. The molecular formula is C15H8Cl3NOS. The highest BCUT2D eigenvalue weighted by Crippen LogP contribution is 2.35. The van der Waals surface area contributed by atoms with E-state index in [1.807, 2.05) is 24.3 Å². The van der Waals surface area contributed by atoms with Crippen molar-refractivity contribution in [1.82, 2.24) is 0 Å². The number of thiophene rings is 1. The minimum Gasteiger partial charge on any atom is -0.321 e. The molecule has 0 fully saturated rings. The second kappa shape index (κ2) is 5.85. The Labute approximate surface area is 140 Å². The van der Waals surface area contributed by atoms with E-state index in [-0.39, 0.29) is 5.91 Å². The van der Waals surface area contributed by atoms with Gasteiger partial charge in [-0.25, -0.2) is 0 Å². The van der Waals surface area contributed by atoms with Gasteiger partial charge in [-0.1, -0.05) is 53.0 Å². The second-order valence-corrected chi connectivity index (χ2v) is 6.57. The quantitative estimate of drug-likeness (QED) is 0.589. The Balaban J connectivity index is 1.93. The number of rotatable bonds is 2. The van der Waals surface area contributed by atoms with Gasteiger partial charge < -0.3 is 5.32 Å². The zero-order chi connectivity index (χ0) is 15.0. The fourth-order valence-corrected chi connectivity index (χ4v) is 3.63. The number of hydrogen-bond acceptors (Lipinski definition) is 2. The van der Waals surface area contributed by atoms with Crippen LogP contribution in [0, 0.1) is 0 Å². The molecule has 2 aromatic carbocycles. The van der Waals surface area contributed by atoms with Gasteiger partial charge in [0.05, 0.1) is 15.1 Å². The lowest BCUT2D eigenvalue weighted by molar-refractivity contribution is 0.103. The third-order valence-electron chi connectivity index (χ3n) is 2.92. The third kappa shape index (κ3) is 2.87. The minimum absolute atomic E-state index is 0.264. The molecule has 3 aromatic rings. The summed E-state index contributed by atoms with van der Waals surface area (Å²) in [6.07, 6.45) is 0. The van der Waals surface area contributed by atoms with Crippen molar-refractivity contribution < 1.29 is 4.79 Å². The average Bonchev–Trinajstić information content (AvgIpc) is 2.81. The molecule has 0 radical (unpaired) electrons. The van der Waals surface area contributed by atoms with Crippen LogP contribution in [-0.4, -0.2) is 5.91 Å². The topological polar surface area (TPSA) is 29.1 Å². The molecular weight excluding hydrogens is 349 g/mol. The predicted octanol–water partition coefficient (Wildman–Crippen LogP) is 6.11. The summed E-state index contributed by atoms with van der Waals surface area (Å²) in [6, 6.07) is 12.5. The number of halogens is 3. The van der Waals surface area contributed by atoms with Gasteiger partial charge in [0.1, 0.15) is 4.88 Å². The number of amides is 1. The Morgan fingerprint density at radius 1 is 1.00 bits per heavy atom. The normalized spacial score (nSPS) is 10.8. The Bertz CT molecular complexity index is 844. The Morgan fingerprint density at radius 3 is 2.48 bits per heavy atom. The third-order valence-corrected chi connectivity index (χ3v) is 5.33. The maximum atomic E-state index is 12.3. The van der Waals surface area contributed by atoms with Gasteiger partial charge >= 0.3 is 0 Å². The molecule has 0 saturated carbocycles. The monoisotopic (exact) mass is 355 g/mol. The van der Waals surface area contributed by atoms with Crippen LogP contribution < -0.4 is 5.32 Å². The van der Waals surface area contributed by atoms with Crippen LogP contribution in [0.3, 0.4) is 0 Å². The first kappa shape index (κ1) is 14.7. The smallest absolute Gasteiger partial charge is 0.267 e. The number of benzene rings is 2. The molecule has 0 spiro atoms. The van der Waals surface area contributed by atoms with Gasteiger partial charge in [0.2, 0.25) is 0 Å². The molecule has 1 heterocycles. The maximum absolute atomic E-state index is 12.3. The molecule has 0 saturated heterocycles. The lowest BCUT2D eigenvalue weighted by Crippen LogP contribution is -2.10. The average molecular weight is 357 g/mol. The SMILES string of the molecule is O=C(Nc1ccc(Cl)c(Cl)c1)c1sc2ccccc2c1Cl. The Hall–Kier alpha value is -1.26. The van der Waals surface area contributed by atoms with E-state index in [1.165, 1.54) is 11.3 Å². The number of anilines is 1. The molecule has 2 nitrogen and oxygen atoms in total. The molecule has 1 aromatic heterocycles. The van der Waals surface area contributed by atoms with E-state index >= 15 is 0 Å². The molecule has 3 rings (SSSR count). The van der Waals surface area contributed by atoms with Gasteiger partial charge in [-0.15, -0.1) is 11.3 Å². The van der Waals surface area contributed by atoms with E-state index in [4.69, 9.17) is 34.8 Å². The van der Waals surface area contributed by atoms with E-state index in [2.05, 4.69) is 5.32 Å². The van der Waals surface area contributed by atoms with Crippen molar-refractivity contribution in [1.29, 1.82) is 0 Å². The summed E-state index contributed by atoms with van der Waals surface area (Å²) < 4.78 is 0.974. The zero-order valence-corrected chi connectivity index (χ0v) is 13.6. The summed E-state index contributed by atoms with van der Waals surface area (Å²) in [5.74, 6) is -0.264.